The molecular formula is C11H19NO3. The lowest BCUT2D eigenvalue weighted by atomic mass is 9.73. The number of nitrogens with zero attached hydrogens (tertiary/aromatic N) is 1. The molecule has 1 rings (SSSR count). The Labute approximate surface area is 90.6 Å². The quantitative estimate of drug-likeness (QED) is 0.656. The second kappa shape index (κ2) is 5.14. The first kappa shape index (κ1) is 12.0. The summed E-state index contributed by atoms with van der Waals surface area (Å²) in [5.74, 6) is -0.492. The first-order chi connectivity index (χ1) is 7.15. The van der Waals surface area contributed by atoms with Crippen LogP contribution in [0.3, 0.4) is 0 Å². The number of ether oxygens (including phenoxy) is 1. The van der Waals surface area contributed by atoms with Crippen molar-refractivity contribution in [2.45, 2.75) is 26.7 Å². The minimum Gasteiger partial charge on any atom is -0.469 e. The molecule has 1 aliphatic carbocycles. The summed E-state index contributed by atoms with van der Waals surface area (Å²) in [6, 6.07) is 0. The van der Waals surface area contributed by atoms with Crippen molar-refractivity contribution in [1.82, 2.24) is 4.90 Å². The molecule has 2 unspecified atom stereocenters. The highest BCUT2D eigenvalue weighted by Crippen LogP contribution is 2.36. The molecule has 2 atom stereocenters. The second-order valence-electron chi connectivity index (χ2n) is 3.82. The minimum absolute atomic E-state index is 0.0988. The summed E-state index contributed by atoms with van der Waals surface area (Å²) in [6.07, 6.45) is 1.60. The SMILES string of the molecule is CCN(CC)C(=O)C1CCC1C(=O)OC. The fraction of sp³-hybridized carbons (Fsp3) is 0.818. The molecule has 0 saturated heterocycles. The van der Waals surface area contributed by atoms with E-state index in [1.54, 1.807) is 4.90 Å². The van der Waals surface area contributed by atoms with Gasteiger partial charge < -0.3 is 9.64 Å². The van der Waals surface area contributed by atoms with Gasteiger partial charge in [-0.15, -0.1) is 0 Å². The maximum Gasteiger partial charge on any atom is 0.309 e. The number of methoxy groups -OCH3 is 1. The van der Waals surface area contributed by atoms with Crippen molar-refractivity contribution >= 4 is 11.9 Å². The molecule has 4 heteroatoms. The summed E-state index contributed by atoms with van der Waals surface area (Å²) in [6.45, 7) is 5.32. The van der Waals surface area contributed by atoms with Crippen molar-refractivity contribution in [3.05, 3.63) is 0 Å². The van der Waals surface area contributed by atoms with E-state index in [0.29, 0.717) is 13.1 Å². The van der Waals surface area contributed by atoms with Gasteiger partial charge >= 0.3 is 5.97 Å². The highest BCUT2D eigenvalue weighted by atomic mass is 16.5. The van der Waals surface area contributed by atoms with Gasteiger partial charge in [-0.05, 0) is 26.7 Å². The fourth-order valence-electron chi connectivity index (χ4n) is 2.00. The van der Waals surface area contributed by atoms with Gasteiger partial charge in [0.15, 0.2) is 0 Å². The monoisotopic (exact) mass is 213 g/mol. The molecule has 1 amide bonds. The summed E-state index contributed by atoms with van der Waals surface area (Å²) < 4.78 is 4.67. The van der Waals surface area contributed by atoms with E-state index in [-0.39, 0.29) is 23.7 Å². The normalized spacial score (nSPS) is 24.2. The molecule has 0 spiro atoms. The highest BCUT2D eigenvalue weighted by molar-refractivity contribution is 5.87. The average molecular weight is 213 g/mol. The van der Waals surface area contributed by atoms with Gasteiger partial charge in [0.25, 0.3) is 0 Å². The zero-order valence-corrected chi connectivity index (χ0v) is 9.66. The zero-order chi connectivity index (χ0) is 11.4. The Morgan fingerprint density at radius 2 is 1.73 bits per heavy atom. The Morgan fingerprint density at radius 3 is 2.07 bits per heavy atom. The zero-order valence-electron chi connectivity index (χ0n) is 9.66. The van der Waals surface area contributed by atoms with Crippen molar-refractivity contribution in [2.75, 3.05) is 20.2 Å². The molecular weight excluding hydrogens is 194 g/mol. The van der Waals surface area contributed by atoms with Gasteiger partial charge in [-0.1, -0.05) is 0 Å². The van der Waals surface area contributed by atoms with Crippen molar-refractivity contribution in [1.29, 1.82) is 0 Å². The van der Waals surface area contributed by atoms with Gasteiger partial charge in [-0.2, -0.15) is 0 Å². The van der Waals surface area contributed by atoms with E-state index in [1.807, 2.05) is 13.8 Å². The molecule has 0 aromatic heterocycles. The molecule has 0 aromatic carbocycles. The maximum atomic E-state index is 11.9. The summed E-state index contributed by atoms with van der Waals surface area (Å²) in [4.78, 5) is 25.0. The number of hydrogen-bond donors (Lipinski definition) is 0. The Bertz CT molecular complexity index is 248. The van der Waals surface area contributed by atoms with Crippen LogP contribution in [0.25, 0.3) is 0 Å². The molecule has 86 valence electrons. The van der Waals surface area contributed by atoms with Gasteiger partial charge in [0.1, 0.15) is 0 Å². The highest BCUT2D eigenvalue weighted by Gasteiger charge is 2.43. The molecule has 1 saturated carbocycles. The number of hydrogen-bond acceptors (Lipinski definition) is 3. The fourth-order valence-corrected chi connectivity index (χ4v) is 2.00. The molecule has 1 aliphatic rings. The van der Waals surface area contributed by atoms with Gasteiger partial charge in [-0.3, -0.25) is 9.59 Å². The van der Waals surface area contributed by atoms with Gasteiger partial charge in [0.2, 0.25) is 5.91 Å². The number of rotatable bonds is 4. The van der Waals surface area contributed by atoms with Crippen LogP contribution in [0.4, 0.5) is 0 Å². The molecule has 4 nitrogen and oxygen atoms in total. The Morgan fingerprint density at radius 1 is 1.20 bits per heavy atom. The minimum atomic E-state index is -0.244. The van der Waals surface area contributed by atoms with Crippen LogP contribution in [0.2, 0.25) is 0 Å². The van der Waals surface area contributed by atoms with Crippen molar-refractivity contribution in [3.8, 4) is 0 Å². The summed E-state index contributed by atoms with van der Waals surface area (Å²) in [5.41, 5.74) is 0. The average Bonchev–Trinajstić information content (AvgIpc) is 2.17. The molecule has 0 bridgehead atoms. The third kappa shape index (κ3) is 2.30. The number of carbonyl (C=O) groups is 2. The Balaban J connectivity index is 2.57. The molecule has 0 N–H and O–H groups in total. The maximum absolute atomic E-state index is 11.9. The van der Waals surface area contributed by atoms with Crippen molar-refractivity contribution in [2.24, 2.45) is 11.8 Å². The topological polar surface area (TPSA) is 46.6 Å². The summed E-state index contributed by atoms with van der Waals surface area (Å²) in [7, 11) is 1.37. The van der Waals surface area contributed by atoms with Gasteiger partial charge in [0, 0.05) is 13.1 Å². The molecule has 0 aromatic rings. The lowest BCUT2D eigenvalue weighted by molar-refractivity contribution is -0.159. The molecule has 0 heterocycles. The van der Waals surface area contributed by atoms with Crippen LogP contribution >= 0.6 is 0 Å². The molecule has 15 heavy (non-hydrogen) atoms. The predicted molar refractivity (Wildman–Crippen MR) is 56.2 cm³/mol. The Kier molecular flexibility index (Phi) is 4.12. The summed E-state index contributed by atoms with van der Waals surface area (Å²) >= 11 is 0. The van der Waals surface area contributed by atoms with Crippen molar-refractivity contribution in [3.63, 3.8) is 0 Å². The van der Waals surface area contributed by atoms with E-state index in [4.69, 9.17) is 0 Å². The summed E-state index contributed by atoms with van der Waals surface area (Å²) in [5, 5.41) is 0. The molecule has 0 radical (unpaired) electrons. The first-order valence-corrected chi connectivity index (χ1v) is 5.52. The second-order valence-corrected chi connectivity index (χ2v) is 3.82. The third-order valence-corrected chi connectivity index (χ3v) is 3.17. The Hall–Kier alpha value is -1.06. The van der Waals surface area contributed by atoms with E-state index in [0.717, 1.165) is 12.8 Å². The van der Waals surface area contributed by atoms with E-state index in [2.05, 4.69) is 4.74 Å². The number of carbonyl (C=O) groups excluding carboxylic acids is 2. The van der Waals surface area contributed by atoms with Crippen LogP contribution in [0.5, 0.6) is 0 Å². The lowest BCUT2D eigenvalue weighted by Gasteiger charge is -2.36. The van der Waals surface area contributed by atoms with Crippen LogP contribution in [-0.2, 0) is 14.3 Å². The van der Waals surface area contributed by atoms with Crippen LogP contribution in [-0.4, -0.2) is 37.0 Å². The largest absolute Gasteiger partial charge is 0.469 e. The van der Waals surface area contributed by atoms with E-state index >= 15 is 0 Å². The first-order valence-electron chi connectivity index (χ1n) is 5.52. The van der Waals surface area contributed by atoms with Crippen molar-refractivity contribution < 1.29 is 14.3 Å². The molecule has 1 fully saturated rings. The smallest absolute Gasteiger partial charge is 0.309 e. The molecule has 0 aliphatic heterocycles. The van der Waals surface area contributed by atoms with Crippen LogP contribution in [0.15, 0.2) is 0 Å². The van der Waals surface area contributed by atoms with Crippen LogP contribution in [0, 0.1) is 11.8 Å². The lowest BCUT2D eigenvalue weighted by Crippen LogP contribution is -2.46. The van der Waals surface area contributed by atoms with Gasteiger partial charge in [0.05, 0.1) is 18.9 Å². The number of amides is 1. The predicted octanol–water partition coefficient (Wildman–Crippen LogP) is 1.05. The van der Waals surface area contributed by atoms with E-state index in [1.165, 1.54) is 7.11 Å². The van der Waals surface area contributed by atoms with Gasteiger partial charge in [-0.25, -0.2) is 0 Å². The third-order valence-electron chi connectivity index (χ3n) is 3.17. The van der Waals surface area contributed by atoms with Crippen LogP contribution in [0.1, 0.15) is 26.7 Å². The standard InChI is InChI=1S/C11H19NO3/c1-4-12(5-2)10(13)8-6-7-9(8)11(14)15-3/h8-9H,4-7H2,1-3H3. The van der Waals surface area contributed by atoms with Crippen LogP contribution < -0.4 is 0 Å². The van der Waals surface area contributed by atoms with E-state index in [9.17, 15) is 9.59 Å². The number of esters is 1. The van der Waals surface area contributed by atoms with E-state index < -0.39 is 0 Å².